The first-order valence-electron chi connectivity index (χ1n) is 10.8. The Labute approximate surface area is 190 Å². The number of piperidine rings is 1. The Balaban J connectivity index is 1.90. The number of fused-ring (bicyclic) bond motifs is 1. The molecular formula is C23H27FN6O3. The number of anilines is 1. The van der Waals surface area contributed by atoms with Crippen LogP contribution in [0.25, 0.3) is 11.2 Å². The maximum absolute atomic E-state index is 14.6. The predicted molar refractivity (Wildman–Crippen MR) is 124 cm³/mol. The minimum absolute atomic E-state index is 0.00259. The van der Waals surface area contributed by atoms with Crippen molar-refractivity contribution in [3.63, 3.8) is 0 Å². The molecule has 0 amide bonds. The molecule has 1 aliphatic heterocycles. The van der Waals surface area contributed by atoms with Crippen molar-refractivity contribution in [2.75, 3.05) is 25.1 Å². The number of halogens is 1. The lowest BCUT2D eigenvalue weighted by Crippen LogP contribution is -2.44. The van der Waals surface area contributed by atoms with Crippen molar-refractivity contribution >= 4 is 17.1 Å². The SMILES string of the molecule is CC#CCn1c(N2CCCC(N)C2)nc2c1c(=O)n(Cc1ccc(OC)cc1F)c(=O)n2C. The van der Waals surface area contributed by atoms with Gasteiger partial charge in [0.05, 0.1) is 20.2 Å². The van der Waals surface area contributed by atoms with Gasteiger partial charge in [-0.25, -0.2) is 9.18 Å². The lowest BCUT2D eigenvalue weighted by Gasteiger charge is -2.31. The number of aromatic nitrogens is 4. The van der Waals surface area contributed by atoms with Crippen LogP contribution in [0.4, 0.5) is 10.3 Å². The van der Waals surface area contributed by atoms with Crippen LogP contribution in [0.5, 0.6) is 5.75 Å². The Morgan fingerprint density at radius 3 is 2.76 bits per heavy atom. The Bertz CT molecular complexity index is 1380. The number of nitrogens with two attached hydrogens (primary N) is 1. The van der Waals surface area contributed by atoms with Crippen LogP contribution in [-0.4, -0.2) is 44.9 Å². The number of hydrogen-bond acceptors (Lipinski definition) is 6. The average Bonchev–Trinajstić information content (AvgIpc) is 3.19. The summed E-state index contributed by atoms with van der Waals surface area (Å²) in [5.74, 6) is 6.19. The molecule has 0 aliphatic carbocycles. The topological polar surface area (TPSA) is 100 Å². The van der Waals surface area contributed by atoms with Crippen LogP contribution in [0.3, 0.4) is 0 Å². The number of imidazole rings is 1. The zero-order valence-electron chi connectivity index (χ0n) is 19.0. The first-order valence-corrected chi connectivity index (χ1v) is 10.8. The zero-order chi connectivity index (χ0) is 23.7. The number of rotatable bonds is 5. The highest BCUT2D eigenvalue weighted by Gasteiger charge is 2.26. The summed E-state index contributed by atoms with van der Waals surface area (Å²) in [6, 6.07) is 4.32. The zero-order valence-corrected chi connectivity index (χ0v) is 19.0. The number of aryl methyl sites for hydroxylation is 1. The van der Waals surface area contributed by atoms with E-state index in [0.29, 0.717) is 18.2 Å². The van der Waals surface area contributed by atoms with Gasteiger partial charge in [0.25, 0.3) is 5.56 Å². The number of benzene rings is 1. The summed E-state index contributed by atoms with van der Waals surface area (Å²) in [7, 11) is 3.00. The van der Waals surface area contributed by atoms with E-state index in [0.717, 1.165) is 24.0 Å². The fraction of sp³-hybridized carbons (Fsp3) is 0.435. The standard InChI is InChI=1S/C23H27FN6O3/c1-4-5-11-29-19-20(26-22(29)28-10-6-7-16(25)14-28)27(2)23(32)30(21(19)31)13-15-8-9-17(33-3)12-18(15)24/h8-9,12,16H,6-7,10-11,13-14,25H2,1-3H3. The lowest BCUT2D eigenvalue weighted by atomic mass is 10.1. The van der Waals surface area contributed by atoms with Gasteiger partial charge in [0.1, 0.15) is 11.6 Å². The molecule has 4 rings (SSSR count). The molecule has 0 saturated carbocycles. The van der Waals surface area contributed by atoms with Crippen molar-refractivity contribution in [3.8, 4) is 17.6 Å². The molecule has 0 bridgehead atoms. The van der Waals surface area contributed by atoms with Crippen LogP contribution < -0.4 is 26.6 Å². The Morgan fingerprint density at radius 1 is 1.30 bits per heavy atom. The number of nitrogens with zero attached hydrogens (tertiary/aromatic N) is 5. The van der Waals surface area contributed by atoms with Gasteiger partial charge in [0.15, 0.2) is 11.2 Å². The highest BCUT2D eigenvalue weighted by Crippen LogP contribution is 2.23. The van der Waals surface area contributed by atoms with Gasteiger partial charge in [-0.2, -0.15) is 4.98 Å². The summed E-state index contributed by atoms with van der Waals surface area (Å²) in [6.45, 7) is 3.08. The first kappa shape index (κ1) is 22.6. The summed E-state index contributed by atoms with van der Waals surface area (Å²) in [5, 5.41) is 0. The molecule has 9 nitrogen and oxygen atoms in total. The van der Waals surface area contributed by atoms with E-state index in [1.165, 1.54) is 23.8 Å². The number of hydrogen-bond donors (Lipinski definition) is 1. The van der Waals surface area contributed by atoms with Crippen LogP contribution in [0, 0.1) is 17.7 Å². The molecule has 10 heteroatoms. The number of methoxy groups -OCH3 is 1. The van der Waals surface area contributed by atoms with Gasteiger partial charge in [-0.1, -0.05) is 12.0 Å². The molecule has 0 radical (unpaired) electrons. The van der Waals surface area contributed by atoms with E-state index in [1.54, 1.807) is 24.6 Å². The molecule has 1 fully saturated rings. The summed E-state index contributed by atoms with van der Waals surface area (Å²) < 4.78 is 23.7. The molecule has 1 unspecified atom stereocenters. The summed E-state index contributed by atoms with van der Waals surface area (Å²) in [6.07, 6.45) is 1.83. The van der Waals surface area contributed by atoms with Crippen molar-refractivity contribution in [2.45, 2.75) is 38.9 Å². The maximum Gasteiger partial charge on any atom is 0.332 e. The highest BCUT2D eigenvalue weighted by atomic mass is 19.1. The van der Waals surface area contributed by atoms with Crippen LogP contribution in [0.1, 0.15) is 25.3 Å². The molecule has 1 aromatic carbocycles. The third kappa shape index (κ3) is 4.12. The molecule has 1 atom stereocenters. The minimum Gasteiger partial charge on any atom is -0.497 e. The predicted octanol–water partition coefficient (Wildman–Crippen LogP) is 1.04. The van der Waals surface area contributed by atoms with E-state index in [1.807, 2.05) is 4.90 Å². The first-order chi connectivity index (χ1) is 15.8. The molecule has 1 saturated heterocycles. The molecule has 3 heterocycles. The number of ether oxygens (including phenoxy) is 1. The fourth-order valence-corrected chi connectivity index (χ4v) is 4.19. The largest absolute Gasteiger partial charge is 0.497 e. The van der Waals surface area contributed by atoms with Crippen LogP contribution in [-0.2, 0) is 20.1 Å². The second kappa shape index (κ2) is 9.11. The van der Waals surface area contributed by atoms with Gasteiger partial charge in [0.2, 0.25) is 5.95 Å². The van der Waals surface area contributed by atoms with Crippen molar-refractivity contribution in [1.82, 2.24) is 18.7 Å². The van der Waals surface area contributed by atoms with Gasteiger partial charge in [0, 0.05) is 37.8 Å². The fourth-order valence-electron chi connectivity index (χ4n) is 4.19. The molecule has 2 aromatic heterocycles. The van der Waals surface area contributed by atoms with E-state index in [4.69, 9.17) is 10.5 Å². The van der Waals surface area contributed by atoms with Crippen LogP contribution >= 0.6 is 0 Å². The van der Waals surface area contributed by atoms with Gasteiger partial charge in [-0.05, 0) is 25.8 Å². The van der Waals surface area contributed by atoms with Crippen molar-refractivity contribution < 1.29 is 9.13 Å². The van der Waals surface area contributed by atoms with E-state index in [9.17, 15) is 14.0 Å². The van der Waals surface area contributed by atoms with Gasteiger partial charge in [-0.15, -0.1) is 5.92 Å². The molecule has 0 spiro atoms. The smallest absolute Gasteiger partial charge is 0.332 e. The van der Waals surface area contributed by atoms with E-state index in [2.05, 4.69) is 16.8 Å². The average molecular weight is 455 g/mol. The van der Waals surface area contributed by atoms with Crippen LogP contribution in [0.15, 0.2) is 27.8 Å². The van der Waals surface area contributed by atoms with Crippen LogP contribution in [0.2, 0.25) is 0 Å². The van der Waals surface area contributed by atoms with Crippen molar-refractivity contribution in [1.29, 1.82) is 0 Å². The monoisotopic (exact) mass is 454 g/mol. The van der Waals surface area contributed by atoms with Gasteiger partial charge < -0.3 is 15.4 Å². The third-order valence-electron chi connectivity index (χ3n) is 5.96. The summed E-state index contributed by atoms with van der Waals surface area (Å²) in [4.78, 5) is 33.3. The van der Waals surface area contributed by atoms with Gasteiger partial charge in [-0.3, -0.25) is 18.5 Å². The van der Waals surface area contributed by atoms with E-state index >= 15 is 0 Å². The second-order valence-electron chi connectivity index (χ2n) is 8.14. The maximum atomic E-state index is 14.6. The lowest BCUT2D eigenvalue weighted by molar-refractivity contribution is 0.410. The second-order valence-corrected chi connectivity index (χ2v) is 8.14. The Hall–Kier alpha value is -3.58. The Morgan fingerprint density at radius 2 is 2.09 bits per heavy atom. The van der Waals surface area contributed by atoms with E-state index < -0.39 is 17.1 Å². The summed E-state index contributed by atoms with van der Waals surface area (Å²) in [5.41, 5.74) is 5.77. The molecule has 3 aromatic rings. The highest BCUT2D eigenvalue weighted by molar-refractivity contribution is 5.75. The molecule has 2 N–H and O–H groups in total. The summed E-state index contributed by atoms with van der Waals surface area (Å²) >= 11 is 0. The third-order valence-corrected chi connectivity index (χ3v) is 5.96. The van der Waals surface area contributed by atoms with Crippen molar-refractivity contribution in [2.24, 2.45) is 12.8 Å². The molecule has 174 valence electrons. The van der Waals surface area contributed by atoms with E-state index in [-0.39, 0.29) is 35.9 Å². The van der Waals surface area contributed by atoms with Crippen molar-refractivity contribution in [3.05, 3.63) is 50.4 Å². The normalized spacial score (nSPS) is 16.0. The molecule has 1 aliphatic rings. The quantitative estimate of drug-likeness (QED) is 0.579. The molecular weight excluding hydrogens is 427 g/mol. The minimum atomic E-state index is -0.573. The van der Waals surface area contributed by atoms with Gasteiger partial charge >= 0.3 is 5.69 Å². The Kier molecular flexibility index (Phi) is 6.24. The molecule has 33 heavy (non-hydrogen) atoms.